The van der Waals surface area contributed by atoms with E-state index in [1.54, 1.807) is 10.9 Å². The Kier molecular flexibility index (Phi) is 3.66. The quantitative estimate of drug-likeness (QED) is 0.833. The van der Waals surface area contributed by atoms with Crippen molar-refractivity contribution in [1.29, 1.82) is 5.26 Å². The Bertz CT molecular complexity index is 584. The van der Waals surface area contributed by atoms with Crippen molar-refractivity contribution < 1.29 is 9.90 Å². The fraction of sp³-hybridized carbons (Fsp3) is 0.200. The average molecular weight is 263 g/mol. The zero-order valence-electron chi connectivity index (χ0n) is 9.20. The second-order valence-corrected chi connectivity index (χ2v) is 4.01. The van der Waals surface area contributed by atoms with Crippen molar-refractivity contribution >= 4 is 23.1 Å². The Morgan fingerprint density at radius 1 is 1.67 bits per heavy atom. The van der Waals surface area contributed by atoms with Crippen LogP contribution in [0.25, 0.3) is 0 Å². The van der Waals surface area contributed by atoms with Crippen molar-refractivity contribution in [2.45, 2.75) is 6.54 Å². The molecule has 2 heterocycles. The summed E-state index contributed by atoms with van der Waals surface area (Å²) in [6.07, 6.45) is 1.34. The van der Waals surface area contributed by atoms with E-state index in [0.717, 1.165) is 0 Å². The molecular formula is C10H9N5O2S. The molecule has 92 valence electrons. The van der Waals surface area contributed by atoms with E-state index in [2.05, 4.69) is 15.4 Å². The number of nitrogens with one attached hydrogen (secondary N) is 1. The number of hydrogen-bond acceptors (Lipinski definition) is 6. The molecule has 0 saturated heterocycles. The number of carbonyl (C=O) groups excluding carboxylic acids is 1. The minimum absolute atomic E-state index is 0.133. The molecule has 8 heteroatoms. The third-order valence-electron chi connectivity index (χ3n) is 2.17. The van der Waals surface area contributed by atoms with Crippen molar-refractivity contribution in [3.63, 3.8) is 0 Å². The van der Waals surface area contributed by atoms with Gasteiger partial charge < -0.3 is 10.4 Å². The van der Waals surface area contributed by atoms with Gasteiger partial charge in [0.15, 0.2) is 0 Å². The van der Waals surface area contributed by atoms with Gasteiger partial charge >= 0.3 is 0 Å². The van der Waals surface area contributed by atoms with Crippen LogP contribution < -0.4 is 5.32 Å². The van der Waals surface area contributed by atoms with Gasteiger partial charge in [-0.3, -0.25) is 4.79 Å². The molecule has 2 aromatic rings. The molecule has 0 aliphatic heterocycles. The third kappa shape index (κ3) is 2.37. The molecule has 0 saturated carbocycles. The van der Waals surface area contributed by atoms with Gasteiger partial charge in [0.25, 0.3) is 5.91 Å². The number of anilines is 1. The van der Waals surface area contributed by atoms with E-state index in [-0.39, 0.29) is 30.2 Å². The first kappa shape index (κ1) is 12.2. The van der Waals surface area contributed by atoms with Crippen LogP contribution in [0.2, 0.25) is 0 Å². The second kappa shape index (κ2) is 5.39. The SMILES string of the molecule is N#Cc1cnn(CCO)c1NC(=O)c1cscn1. The first-order valence-corrected chi connectivity index (χ1v) is 5.97. The predicted molar refractivity (Wildman–Crippen MR) is 64.1 cm³/mol. The summed E-state index contributed by atoms with van der Waals surface area (Å²) in [5, 5.41) is 25.9. The van der Waals surface area contributed by atoms with Crippen LogP contribution in [0.1, 0.15) is 16.1 Å². The molecule has 0 bridgehead atoms. The summed E-state index contributed by atoms with van der Waals surface area (Å²) in [7, 11) is 0. The summed E-state index contributed by atoms with van der Waals surface area (Å²) in [6, 6.07) is 1.93. The molecular weight excluding hydrogens is 254 g/mol. The van der Waals surface area contributed by atoms with Gasteiger partial charge in [-0.2, -0.15) is 10.4 Å². The number of nitriles is 1. The molecule has 2 rings (SSSR count). The highest BCUT2D eigenvalue weighted by molar-refractivity contribution is 7.07. The number of aromatic nitrogens is 3. The van der Waals surface area contributed by atoms with E-state index in [1.807, 2.05) is 6.07 Å². The summed E-state index contributed by atoms with van der Waals surface area (Å²) < 4.78 is 1.36. The van der Waals surface area contributed by atoms with E-state index < -0.39 is 5.91 Å². The Balaban J connectivity index is 2.25. The molecule has 0 aliphatic carbocycles. The lowest BCUT2D eigenvalue weighted by Gasteiger charge is -2.06. The Morgan fingerprint density at radius 2 is 2.50 bits per heavy atom. The molecule has 0 radical (unpaired) electrons. The molecule has 0 aliphatic rings. The zero-order valence-corrected chi connectivity index (χ0v) is 10.0. The number of aliphatic hydroxyl groups is 1. The van der Waals surface area contributed by atoms with E-state index in [4.69, 9.17) is 10.4 Å². The number of hydrogen-bond donors (Lipinski definition) is 2. The van der Waals surface area contributed by atoms with Crippen LogP contribution in [0.5, 0.6) is 0 Å². The summed E-state index contributed by atoms with van der Waals surface area (Å²) >= 11 is 1.31. The molecule has 0 aromatic carbocycles. The summed E-state index contributed by atoms with van der Waals surface area (Å²) in [4.78, 5) is 15.7. The highest BCUT2D eigenvalue weighted by atomic mass is 32.1. The van der Waals surface area contributed by atoms with Gasteiger partial charge in [-0.25, -0.2) is 9.67 Å². The topological polar surface area (TPSA) is 104 Å². The normalized spacial score (nSPS) is 10.0. The largest absolute Gasteiger partial charge is 0.394 e. The molecule has 0 spiro atoms. The van der Waals surface area contributed by atoms with Gasteiger partial charge in [-0.05, 0) is 0 Å². The van der Waals surface area contributed by atoms with Gasteiger partial charge in [0.05, 0.1) is 24.9 Å². The maximum atomic E-state index is 11.8. The first-order chi connectivity index (χ1) is 8.76. The van der Waals surface area contributed by atoms with Crippen molar-refractivity contribution in [3.8, 4) is 6.07 Å². The maximum Gasteiger partial charge on any atom is 0.276 e. The van der Waals surface area contributed by atoms with Crippen molar-refractivity contribution in [3.05, 3.63) is 28.3 Å². The van der Waals surface area contributed by atoms with Crippen LogP contribution >= 0.6 is 11.3 Å². The molecule has 2 aromatic heterocycles. The minimum Gasteiger partial charge on any atom is -0.394 e. The third-order valence-corrected chi connectivity index (χ3v) is 2.76. The van der Waals surface area contributed by atoms with Gasteiger partial charge in [0.1, 0.15) is 23.1 Å². The van der Waals surface area contributed by atoms with E-state index in [0.29, 0.717) is 0 Å². The fourth-order valence-corrected chi connectivity index (χ4v) is 1.89. The first-order valence-electron chi connectivity index (χ1n) is 5.02. The number of aliphatic hydroxyl groups excluding tert-OH is 1. The summed E-state index contributed by atoms with van der Waals surface area (Å²) in [5.74, 6) is -0.142. The van der Waals surface area contributed by atoms with E-state index in [9.17, 15) is 4.79 Å². The lowest BCUT2D eigenvalue weighted by Crippen LogP contribution is -2.17. The monoisotopic (exact) mass is 263 g/mol. The summed E-state index contributed by atoms with van der Waals surface area (Å²) in [6.45, 7) is 0.0699. The predicted octanol–water partition coefficient (Wildman–Crippen LogP) is 0.456. The Morgan fingerprint density at radius 3 is 3.11 bits per heavy atom. The second-order valence-electron chi connectivity index (χ2n) is 3.29. The highest BCUT2D eigenvalue weighted by Gasteiger charge is 2.15. The number of rotatable bonds is 4. The van der Waals surface area contributed by atoms with Crippen LogP contribution in [0.15, 0.2) is 17.1 Å². The van der Waals surface area contributed by atoms with Crippen LogP contribution in [0.3, 0.4) is 0 Å². The number of thiazole rings is 1. The fourth-order valence-electron chi connectivity index (χ4n) is 1.36. The smallest absolute Gasteiger partial charge is 0.276 e. The molecule has 1 amide bonds. The molecule has 0 unspecified atom stereocenters. The Labute approximate surface area is 106 Å². The maximum absolute atomic E-state index is 11.8. The zero-order chi connectivity index (χ0) is 13.0. The van der Waals surface area contributed by atoms with Crippen molar-refractivity contribution in [2.75, 3.05) is 11.9 Å². The number of carbonyl (C=O) groups is 1. The van der Waals surface area contributed by atoms with Crippen LogP contribution in [0.4, 0.5) is 5.82 Å². The Hall–Kier alpha value is -2.24. The highest BCUT2D eigenvalue weighted by Crippen LogP contribution is 2.15. The lowest BCUT2D eigenvalue weighted by molar-refractivity contribution is 0.102. The molecule has 7 nitrogen and oxygen atoms in total. The number of amides is 1. The van der Waals surface area contributed by atoms with Gasteiger partial charge in [0, 0.05) is 5.38 Å². The standard InChI is InChI=1S/C10H9N5O2S/c11-3-7-4-13-15(1-2-16)9(7)14-10(17)8-5-18-6-12-8/h4-6,16H,1-2H2,(H,14,17). The minimum atomic E-state index is -0.410. The summed E-state index contributed by atoms with van der Waals surface area (Å²) in [5.41, 5.74) is 2.07. The molecule has 0 fully saturated rings. The van der Waals surface area contributed by atoms with Crippen molar-refractivity contribution in [2.24, 2.45) is 0 Å². The molecule has 0 atom stereocenters. The molecule has 18 heavy (non-hydrogen) atoms. The van der Waals surface area contributed by atoms with Gasteiger partial charge in [-0.1, -0.05) is 0 Å². The van der Waals surface area contributed by atoms with Crippen LogP contribution in [-0.2, 0) is 6.54 Å². The van der Waals surface area contributed by atoms with E-state index in [1.165, 1.54) is 22.2 Å². The van der Waals surface area contributed by atoms with Crippen molar-refractivity contribution in [1.82, 2.24) is 14.8 Å². The molecule has 2 N–H and O–H groups in total. The lowest BCUT2D eigenvalue weighted by atomic mass is 10.3. The van der Waals surface area contributed by atoms with Gasteiger partial charge in [0.2, 0.25) is 0 Å². The van der Waals surface area contributed by atoms with Gasteiger partial charge in [-0.15, -0.1) is 11.3 Å². The average Bonchev–Trinajstić information content (AvgIpc) is 3.00. The van der Waals surface area contributed by atoms with Crippen LogP contribution in [-0.4, -0.2) is 32.4 Å². The van der Waals surface area contributed by atoms with Crippen LogP contribution in [0, 0.1) is 11.3 Å². The van der Waals surface area contributed by atoms with E-state index >= 15 is 0 Å². The number of nitrogens with zero attached hydrogens (tertiary/aromatic N) is 4.